The molecule has 1 heterocycles. The number of carbonyl (C=O) groups is 1. The van der Waals surface area contributed by atoms with Crippen LogP contribution in [-0.2, 0) is 38.6 Å². The number of rotatable bonds is 11. The zero-order valence-corrected chi connectivity index (χ0v) is 42.7. The maximum absolute atomic E-state index is 12.8. The van der Waals surface area contributed by atoms with Crippen molar-refractivity contribution in [2.45, 2.75) is 156 Å². The van der Waals surface area contributed by atoms with Crippen LogP contribution in [-0.4, -0.2) is 72.4 Å². The molecule has 0 N–H and O–H groups in total. The molecular formula is C47H68F9NO4S2W. The van der Waals surface area contributed by atoms with E-state index in [1.54, 1.807) is 21.3 Å². The van der Waals surface area contributed by atoms with Crippen LogP contribution in [0, 0.1) is 30.6 Å². The third-order valence-corrected chi connectivity index (χ3v) is 14.2. The Morgan fingerprint density at radius 3 is 2.06 bits per heavy atom. The Hall–Kier alpha value is -1.77. The molecule has 5 nitrogen and oxygen atoms in total. The Morgan fingerprint density at radius 1 is 0.875 bits per heavy atom. The molecule has 1 aliphatic heterocycles. The minimum atomic E-state index is -6.67. The van der Waals surface area contributed by atoms with E-state index < -0.39 is 37.2 Å². The van der Waals surface area contributed by atoms with Gasteiger partial charge in [0.05, 0.1) is 6.61 Å². The van der Waals surface area contributed by atoms with E-state index in [1.165, 1.54) is 49.7 Å². The quantitative estimate of drug-likeness (QED) is 0.0967. The summed E-state index contributed by atoms with van der Waals surface area (Å²) in [5.41, 5.74) is -1.36. The molecule has 3 aliphatic carbocycles. The monoisotopic (exact) mass is 1130 g/mol. The third kappa shape index (κ3) is 15.1. The molecule has 4 aliphatic rings. The second-order valence-electron chi connectivity index (χ2n) is 15.2. The Kier molecular flexibility index (Phi) is 25.4. The molecule has 17 heteroatoms. The fraction of sp³-hybridized carbons (Fsp3) is 0.681. The Morgan fingerprint density at radius 2 is 1.50 bits per heavy atom. The van der Waals surface area contributed by atoms with E-state index in [-0.39, 0.29) is 40.1 Å². The molecule has 1 unspecified atom stereocenters. The van der Waals surface area contributed by atoms with Gasteiger partial charge in [0.25, 0.3) is 0 Å². The van der Waals surface area contributed by atoms with Crippen molar-refractivity contribution in [3.8, 4) is 11.5 Å². The van der Waals surface area contributed by atoms with E-state index in [1.807, 2.05) is 76.6 Å². The van der Waals surface area contributed by atoms with Crippen LogP contribution in [0.5, 0.6) is 11.5 Å². The number of halogens is 9. The molecule has 64 heavy (non-hydrogen) atoms. The van der Waals surface area contributed by atoms with Gasteiger partial charge in [-0.2, -0.15) is 57.8 Å². The minimum Gasteiger partial charge on any atom is -0.494 e. The van der Waals surface area contributed by atoms with Gasteiger partial charge in [-0.3, -0.25) is 0 Å². The number of fused-ring (bicyclic) bond motifs is 5. The van der Waals surface area contributed by atoms with Crippen molar-refractivity contribution < 1.29 is 81.0 Å². The molecule has 2 aromatic rings. The summed E-state index contributed by atoms with van der Waals surface area (Å²) in [7, 11) is 3.65. The fourth-order valence-corrected chi connectivity index (χ4v) is 11.3. The average Bonchev–Trinajstić information content (AvgIpc) is 3.68. The van der Waals surface area contributed by atoms with Crippen LogP contribution in [0.15, 0.2) is 42.5 Å². The van der Waals surface area contributed by atoms with E-state index in [0.29, 0.717) is 24.3 Å². The zero-order valence-electron chi connectivity index (χ0n) is 39.2. The first kappa shape index (κ1) is 58.4. The molecule has 0 bridgehead atoms. The summed E-state index contributed by atoms with van der Waals surface area (Å²) < 4.78 is 131. The van der Waals surface area contributed by atoms with Crippen molar-refractivity contribution in [3.05, 3.63) is 72.5 Å². The average molecular weight is 1130 g/mol. The minimum absolute atomic E-state index is 0. The van der Waals surface area contributed by atoms with Crippen LogP contribution < -0.4 is 9.47 Å². The molecule has 0 aromatic heterocycles. The molecule has 3 fully saturated rings. The molecule has 0 spiro atoms. The van der Waals surface area contributed by atoms with Crippen molar-refractivity contribution in [3.63, 3.8) is 0 Å². The van der Waals surface area contributed by atoms with Crippen molar-refractivity contribution in [2.24, 2.45) is 17.3 Å². The van der Waals surface area contributed by atoms with Gasteiger partial charge in [0.1, 0.15) is 11.5 Å². The summed E-state index contributed by atoms with van der Waals surface area (Å²) in [6, 6.07) is 14.9. The molecule has 1 amide bonds. The van der Waals surface area contributed by atoms with E-state index in [0.717, 1.165) is 54.3 Å². The summed E-state index contributed by atoms with van der Waals surface area (Å²) in [5, 5.41) is 0. The molecule has 1 saturated heterocycles. The standard InChI is InChI=1S/C34H44NO3S2.C7H6F9O.3C2H6.W/c1-3-35(26-17-21-39-40-23-26)33(36)38-27-11-8-24(9-12-27)6-5-20-37-28-13-15-29-25(22-28)10-14-31-30(29)16-19-34(2)18-4-7-32(31)34;1-2-3-17-4(5(8,9)10,6(11,12)13)7(14,15)16;3*1-2;/h8-9,11-13,15,18,22,26,30-32H,3-7,10,14,16-17,19-21,23H2,1-2H3;1-3H2;3*1-2H3;/q2*-1;;;;+2/t26?,30-,31-,32+,34+;;;;;/m1...../s1/i1D;;;;;. The van der Waals surface area contributed by atoms with Crippen LogP contribution in [0.1, 0.15) is 131 Å². The number of hydrogen-bond acceptors (Lipinski definition) is 6. The number of alkyl halides is 9. The summed E-state index contributed by atoms with van der Waals surface area (Å²) in [6.45, 7) is 17.2. The normalized spacial score (nSPS) is 22.7. The number of aryl methyl sites for hydroxylation is 2. The summed E-state index contributed by atoms with van der Waals surface area (Å²) in [5.74, 6) is 5.98. The van der Waals surface area contributed by atoms with Crippen molar-refractivity contribution in [1.82, 2.24) is 4.90 Å². The Balaban J connectivity index is 0.000000747. The van der Waals surface area contributed by atoms with E-state index in [4.69, 9.17) is 10.8 Å². The molecule has 366 valence electrons. The second kappa shape index (κ2) is 27.9. The molecule has 2 saturated carbocycles. The summed E-state index contributed by atoms with van der Waals surface area (Å²) >= 11 is 0. The van der Waals surface area contributed by atoms with E-state index in [9.17, 15) is 44.3 Å². The van der Waals surface area contributed by atoms with Crippen molar-refractivity contribution in [1.29, 1.82) is 0 Å². The molecular weight excluding hydrogens is 1060 g/mol. The molecule has 0 radical (unpaired) electrons. The SMILES string of the molecule is CC.CC.CC.[2H]CCN(C(=O)Oc1ccc(CCCOc2ccc3c(c2)CC[C@@H]2[C@@H]3CC[C@]3(C)[CH-]CC[C@@H]23)cc1)C1CCSSC1.[CH2-]CCOC(C(F)(F)F)(C(F)(F)F)C(F)(F)F.[W+2]. The fourth-order valence-electron chi connectivity index (χ4n) is 8.81. The van der Waals surface area contributed by atoms with Crippen LogP contribution in [0.2, 0.25) is 0 Å². The number of ether oxygens (including phenoxy) is 3. The first-order chi connectivity index (χ1) is 30.3. The number of nitrogens with zero attached hydrogens (tertiary/aromatic N) is 1. The predicted molar refractivity (Wildman–Crippen MR) is 238 cm³/mol. The third-order valence-electron chi connectivity index (χ3n) is 11.7. The van der Waals surface area contributed by atoms with Gasteiger partial charge in [0, 0.05) is 32.1 Å². The smallest absolute Gasteiger partial charge is 0.494 e. The predicted octanol–water partition coefficient (Wildman–Crippen LogP) is 15.5. The van der Waals surface area contributed by atoms with Crippen LogP contribution in [0.3, 0.4) is 0 Å². The van der Waals surface area contributed by atoms with Gasteiger partial charge >= 0.3 is 51.3 Å². The Labute approximate surface area is 399 Å². The van der Waals surface area contributed by atoms with Gasteiger partial charge in [0.2, 0.25) is 0 Å². The van der Waals surface area contributed by atoms with Gasteiger partial charge in [-0.05, 0) is 98.2 Å². The topological polar surface area (TPSA) is 48.0 Å². The Bertz CT molecular complexity index is 1610. The van der Waals surface area contributed by atoms with Crippen LogP contribution in [0.25, 0.3) is 0 Å². The second-order valence-corrected chi connectivity index (χ2v) is 17.8. The molecule has 2 aromatic carbocycles. The maximum Gasteiger partial charge on any atom is 2.00 e. The zero-order chi connectivity index (χ0) is 48.4. The maximum atomic E-state index is 12.8. The van der Waals surface area contributed by atoms with Crippen LogP contribution >= 0.6 is 21.6 Å². The van der Waals surface area contributed by atoms with Gasteiger partial charge in [-0.1, -0.05) is 107 Å². The molecule has 5 atom stereocenters. The molecule has 6 rings (SSSR count). The number of amides is 1. The number of carbonyl (C=O) groups excluding carboxylic acids is 1. The van der Waals surface area contributed by atoms with Crippen molar-refractivity contribution >= 4 is 27.7 Å². The van der Waals surface area contributed by atoms with Gasteiger partial charge in [-0.25, -0.2) is 4.79 Å². The largest absolute Gasteiger partial charge is 2.00 e. The summed E-state index contributed by atoms with van der Waals surface area (Å²) in [6.07, 6.45) is -7.65. The van der Waals surface area contributed by atoms with Gasteiger partial charge in [0.15, 0.2) is 0 Å². The van der Waals surface area contributed by atoms with E-state index in [2.05, 4.69) is 43.2 Å². The first-order valence-electron chi connectivity index (χ1n) is 22.9. The number of hydrogen-bond donors (Lipinski definition) is 0. The van der Waals surface area contributed by atoms with E-state index >= 15 is 0 Å². The van der Waals surface area contributed by atoms with Gasteiger partial charge < -0.3 is 32.5 Å². The van der Waals surface area contributed by atoms with Crippen molar-refractivity contribution in [2.75, 3.05) is 31.3 Å². The number of benzene rings is 2. The summed E-state index contributed by atoms with van der Waals surface area (Å²) in [4.78, 5) is 14.6. The van der Waals surface area contributed by atoms with Crippen LogP contribution in [0.4, 0.5) is 44.3 Å². The first-order valence-corrected chi connectivity index (χ1v) is 24.7. The van der Waals surface area contributed by atoms with Gasteiger partial charge in [-0.15, -0.1) is 0 Å².